The van der Waals surface area contributed by atoms with E-state index in [2.05, 4.69) is 0 Å². The fraction of sp³-hybridized carbons (Fsp3) is 0. The van der Waals surface area contributed by atoms with Crippen LogP contribution in [0, 0.1) is 25.4 Å². The second-order valence-corrected chi connectivity index (χ2v) is 0.461. The van der Waals surface area contributed by atoms with Crippen LogP contribution in [0.15, 0.2) is 0 Å². The van der Waals surface area contributed by atoms with E-state index in [-0.39, 0.29) is 78.5 Å². The van der Waals surface area contributed by atoms with Gasteiger partial charge in [0.1, 0.15) is 0 Å². The van der Waals surface area contributed by atoms with Gasteiger partial charge in [0.25, 0.3) is 5.09 Å². The van der Waals surface area contributed by atoms with Gasteiger partial charge in [0.05, 0.1) is 5.09 Å². The molecule has 0 spiro atoms. The third kappa shape index (κ3) is 158000. The van der Waals surface area contributed by atoms with Crippen LogP contribution >= 0.6 is 0 Å². The zero-order valence-corrected chi connectivity index (χ0v) is 6.38. The molecule has 0 rings (SSSR count). The maximum Gasteiger partial charge on any atom is 1.00 e. The topological polar surface area (TPSA) is 256 Å². The molecule has 9 N–H and O–H groups in total. The molecule has 0 amide bonds. The first-order valence-electron chi connectivity index (χ1n) is 1.11. The minimum atomic E-state index is -1.75. The van der Waals surface area contributed by atoms with Gasteiger partial charge in [-0.2, -0.15) is 0 Å². The third-order valence-electron chi connectivity index (χ3n) is 0. The first-order valence-corrected chi connectivity index (χ1v) is 1.11. The van der Waals surface area contributed by atoms with Crippen LogP contribution in [-0.2, 0) is 0 Å². The maximum absolute atomic E-state index is 8.36. The Morgan fingerprint density at radius 3 is 0.857 bits per heavy atom. The van der Waals surface area contributed by atoms with Crippen molar-refractivity contribution in [3.8, 4) is 0 Å². The van der Waals surface area contributed by atoms with Crippen molar-refractivity contribution in [1.82, 2.24) is 0 Å². The molecule has 14 heteroatoms. The Hall–Kier alpha value is 0.0971. The normalized spacial score (nSPS) is 3.43. The maximum atomic E-state index is 8.36. The summed E-state index contributed by atoms with van der Waals surface area (Å²) in [5.41, 5.74) is 0. The van der Waals surface area contributed by atoms with E-state index in [1.165, 1.54) is 0 Å². The van der Waals surface area contributed by atoms with E-state index in [9.17, 15) is 0 Å². The first kappa shape index (κ1) is 65.0. The molecule has 0 aliphatic heterocycles. The van der Waals surface area contributed by atoms with E-state index in [0.29, 0.717) is 0 Å². The summed E-state index contributed by atoms with van der Waals surface area (Å²) in [6.07, 6.45) is 0. The fourth-order valence-electron chi connectivity index (χ4n) is 0. The summed E-state index contributed by atoms with van der Waals surface area (Å²) in [6.45, 7) is 0. The SMILES string of the molecule is O.O.O.O.O=[N+]([O-])O.O=[N+]([O-])[O-].[CaH2].[Li+]. The van der Waals surface area contributed by atoms with E-state index in [1.54, 1.807) is 0 Å². The Labute approximate surface area is 119 Å². The van der Waals surface area contributed by atoms with Crippen LogP contribution in [0.2, 0.25) is 0 Å². The van der Waals surface area contributed by atoms with E-state index >= 15 is 0 Å². The van der Waals surface area contributed by atoms with Gasteiger partial charge in [0.2, 0.25) is 0 Å². The second-order valence-electron chi connectivity index (χ2n) is 0.461. The number of nitrogens with zero attached hydrogens (tertiary/aromatic N) is 2. The van der Waals surface area contributed by atoms with E-state index in [0.717, 1.165) is 0 Å². The first-order chi connectivity index (χ1) is 3.46. The average molecular weight is 246 g/mol. The van der Waals surface area contributed by atoms with Crippen LogP contribution in [0.1, 0.15) is 0 Å². The van der Waals surface area contributed by atoms with Crippen LogP contribution in [0.5, 0.6) is 0 Å². The molecule has 0 radical (unpaired) electrons. The van der Waals surface area contributed by atoms with Gasteiger partial charge in [0.15, 0.2) is 0 Å². The van der Waals surface area contributed by atoms with E-state index in [4.69, 9.17) is 30.6 Å². The van der Waals surface area contributed by atoms with E-state index in [1.807, 2.05) is 0 Å². The van der Waals surface area contributed by atoms with Gasteiger partial charge in [-0.05, 0) is 0 Å². The molecule has 0 unspecified atom stereocenters. The van der Waals surface area contributed by atoms with Crippen LogP contribution < -0.4 is 18.9 Å². The van der Waals surface area contributed by atoms with Gasteiger partial charge >= 0.3 is 56.6 Å². The molecule has 0 fully saturated rings. The van der Waals surface area contributed by atoms with Crippen LogP contribution in [0.25, 0.3) is 0 Å². The Balaban J connectivity index is -0.00000000600. The summed E-state index contributed by atoms with van der Waals surface area (Å²) in [4.78, 5) is 16.6. The summed E-state index contributed by atoms with van der Waals surface area (Å²) < 4.78 is 0. The smallest absolute Gasteiger partial charge is 1.00 e. The number of hydrogen-bond donors (Lipinski definition) is 1. The number of rotatable bonds is 0. The van der Waals surface area contributed by atoms with Crippen molar-refractivity contribution in [1.29, 1.82) is 0 Å². The largest absolute Gasteiger partial charge is 1.00 e. The van der Waals surface area contributed by atoms with Crippen molar-refractivity contribution in [3.05, 3.63) is 25.4 Å². The molecule has 14 heavy (non-hydrogen) atoms. The molecule has 0 aliphatic rings. The van der Waals surface area contributed by atoms with Crippen molar-refractivity contribution >= 4 is 37.7 Å². The third-order valence-corrected chi connectivity index (χ3v) is 0. The molecule has 0 aromatic rings. The summed E-state index contributed by atoms with van der Waals surface area (Å²) in [6, 6.07) is 0. The van der Waals surface area contributed by atoms with Crippen molar-refractivity contribution < 1.29 is 56.1 Å². The van der Waals surface area contributed by atoms with Gasteiger partial charge in [0, 0.05) is 0 Å². The predicted octanol–water partition coefficient (Wildman–Crippen LogP) is -7.80. The zero-order valence-electron chi connectivity index (χ0n) is 6.38. The van der Waals surface area contributed by atoms with Crippen molar-refractivity contribution in [2.24, 2.45) is 0 Å². The molecular formula is H11CaLiN2O10. The minimum Gasteiger partial charge on any atom is 1.00 e. The molecule has 0 aromatic carbocycles. The van der Waals surface area contributed by atoms with Crippen molar-refractivity contribution in [2.45, 2.75) is 0 Å². The average Bonchev–Trinajstić information content (AvgIpc) is 1.25. The van der Waals surface area contributed by atoms with Gasteiger partial charge in [-0.3, -0.25) is 0 Å². The second kappa shape index (κ2) is 51.6. The molecule has 0 saturated carbocycles. The Morgan fingerprint density at radius 2 is 0.857 bits per heavy atom. The fourth-order valence-corrected chi connectivity index (χ4v) is 0. The van der Waals surface area contributed by atoms with Gasteiger partial charge in [-0.25, -0.2) is 0 Å². The summed E-state index contributed by atoms with van der Waals surface area (Å²) in [5, 5.41) is 28.4. The molecule has 0 atom stereocenters. The molecule has 0 aliphatic carbocycles. The molecule has 0 heterocycles. The summed E-state index contributed by atoms with van der Waals surface area (Å²) in [7, 11) is 0. The van der Waals surface area contributed by atoms with Gasteiger partial charge in [-0.1, -0.05) is 0 Å². The minimum absolute atomic E-state index is 0. The Bertz CT molecular complexity index is 76.1. The quantitative estimate of drug-likeness (QED) is 0.246. The Kier molecular flexibility index (Phi) is 240. The summed E-state index contributed by atoms with van der Waals surface area (Å²) in [5.74, 6) is 0. The van der Waals surface area contributed by atoms with Crippen LogP contribution in [0.4, 0.5) is 0 Å². The Morgan fingerprint density at radius 1 is 0.857 bits per heavy atom. The van der Waals surface area contributed by atoms with Crippen LogP contribution in [0.3, 0.4) is 0 Å². The van der Waals surface area contributed by atoms with Gasteiger partial charge < -0.3 is 42.4 Å². The number of hydrogen-bond acceptors (Lipinski definition) is 5. The molecule has 0 aromatic heterocycles. The molecular weight excluding hydrogens is 235 g/mol. The van der Waals surface area contributed by atoms with Gasteiger partial charge in [-0.15, -0.1) is 10.1 Å². The standard InChI is InChI=1S/Ca.Li.HNO3.NO3.4H2O.2H/c;;2*2-1(3)4;;;;;;/h;;(H,2,3,4);;4*1H2;;/q;+1;;-1;;;;;;. The van der Waals surface area contributed by atoms with Crippen molar-refractivity contribution in [3.63, 3.8) is 0 Å². The monoisotopic (exact) mass is 246 g/mol. The summed E-state index contributed by atoms with van der Waals surface area (Å²) >= 11 is 0. The molecule has 84 valence electrons. The molecule has 0 saturated heterocycles. The molecule has 12 nitrogen and oxygen atoms in total. The zero-order chi connectivity index (χ0) is 7.15. The van der Waals surface area contributed by atoms with E-state index < -0.39 is 10.2 Å². The molecule has 0 bridgehead atoms. The van der Waals surface area contributed by atoms with Crippen LogP contribution in [-0.4, -0.2) is 75.0 Å². The van der Waals surface area contributed by atoms with Crippen molar-refractivity contribution in [2.75, 3.05) is 0 Å². The predicted molar refractivity (Wildman–Crippen MR) is 42.1 cm³/mol.